The number of phosphoric ester groups is 2. The Balaban J connectivity index is 5.42. The van der Waals surface area contributed by atoms with E-state index in [-0.39, 0.29) is 25.7 Å². The highest BCUT2D eigenvalue weighted by Gasteiger charge is 2.30. The summed E-state index contributed by atoms with van der Waals surface area (Å²) in [5.74, 6) is -2.31. The van der Waals surface area contributed by atoms with Gasteiger partial charge in [0.1, 0.15) is 19.3 Å². The summed E-state index contributed by atoms with van der Waals surface area (Å²) >= 11 is 0. The Morgan fingerprint density at radius 1 is 0.290 bits per heavy atom. The van der Waals surface area contributed by atoms with Gasteiger partial charge in [0.15, 0.2) is 12.2 Å². The quantitative estimate of drug-likeness (QED) is 0.0169. The first-order valence-corrected chi connectivity index (χ1v) is 41.8. The molecule has 0 aliphatic rings. The zero-order chi connectivity index (χ0) is 73.2. The van der Waals surface area contributed by atoms with Crippen LogP contribution in [0.4, 0.5) is 0 Å². The first-order valence-electron chi connectivity index (χ1n) is 38.8. The monoisotopic (exact) mass is 1440 g/mol. The van der Waals surface area contributed by atoms with E-state index in [1.54, 1.807) is 0 Å². The fourth-order valence-electron chi connectivity index (χ4n) is 10.1. The molecule has 0 rings (SSSR count). The number of hydrogen-bond acceptors (Lipinski definition) is 15. The van der Waals surface area contributed by atoms with Crippen LogP contribution in [0.15, 0.2) is 122 Å². The van der Waals surface area contributed by atoms with E-state index in [1.807, 2.05) is 18.2 Å². The minimum Gasteiger partial charge on any atom is -0.462 e. The van der Waals surface area contributed by atoms with Gasteiger partial charge >= 0.3 is 39.5 Å². The fraction of sp³-hybridized carbons (Fsp3) is 0.704. The number of ether oxygens (including phenoxy) is 4. The molecule has 0 saturated carbocycles. The molecule has 0 spiro atoms. The number of aliphatic hydroxyl groups excluding tert-OH is 1. The van der Waals surface area contributed by atoms with E-state index < -0.39 is 97.5 Å². The van der Waals surface area contributed by atoms with Crippen LogP contribution >= 0.6 is 15.6 Å². The molecule has 0 aromatic heterocycles. The number of phosphoric acid groups is 2. The molecule has 0 amide bonds. The zero-order valence-corrected chi connectivity index (χ0v) is 64.4. The van der Waals surface area contributed by atoms with Crippen molar-refractivity contribution in [1.82, 2.24) is 0 Å². The predicted octanol–water partition coefficient (Wildman–Crippen LogP) is 22.3. The molecule has 100 heavy (non-hydrogen) atoms. The van der Waals surface area contributed by atoms with E-state index in [1.165, 1.54) is 103 Å². The van der Waals surface area contributed by atoms with Gasteiger partial charge in [-0.15, -0.1) is 0 Å². The topological polar surface area (TPSA) is 237 Å². The van der Waals surface area contributed by atoms with E-state index >= 15 is 0 Å². The van der Waals surface area contributed by atoms with Crippen LogP contribution in [0.1, 0.15) is 310 Å². The Morgan fingerprint density at radius 3 is 0.860 bits per heavy atom. The summed E-state index contributed by atoms with van der Waals surface area (Å²) in [6, 6.07) is 0. The first kappa shape index (κ1) is 95.5. The van der Waals surface area contributed by atoms with Crippen molar-refractivity contribution in [3.8, 4) is 0 Å². The lowest BCUT2D eigenvalue weighted by molar-refractivity contribution is -0.161. The summed E-state index contributed by atoms with van der Waals surface area (Å²) in [5.41, 5.74) is 0. The SMILES string of the molecule is CC/C=C\C/C=C\C/C=C\C/C=C\C/C=C\C/C=C\CCC(=O)OCC(COP(=O)(O)OCC(O)COP(=O)(O)OCC(COC(=O)CCCC/C=C\C/C=C\C/C=C\C/C=C\CC)OC(=O)CCCCCCCCCCCCCCC)OC(=O)CCCCCCCCCCCCCCC. The highest BCUT2D eigenvalue weighted by molar-refractivity contribution is 7.47. The van der Waals surface area contributed by atoms with Crippen LogP contribution in [0.25, 0.3) is 0 Å². The van der Waals surface area contributed by atoms with Gasteiger partial charge in [-0.3, -0.25) is 37.3 Å². The Kier molecular flexibility index (Phi) is 69.5. The molecule has 0 bridgehead atoms. The molecular formula is C81H138O17P2. The number of allylic oxidation sites excluding steroid dienone is 20. The molecular weight excluding hydrogens is 1310 g/mol. The van der Waals surface area contributed by atoms with Crippen molar-refractivity contribution in [2.75, 3.05) is 39.6 Å². The number of unbranched alkanes of at least 4 members (excludes halogenated alkanes) is 26. The van der Waals surface area contributed by atoms with Gasteiger partial charge in [-0.05, 0) is 103 Å². The van der Waals surface area contributed by atoms with Crippen LogP contribution in [0.2, 0.25) is 0 Å². The maximum Gasteiger partial charge on any atom is 0.472 e. The molecule has 0 aliphatic carbocycles. The van der Waals surface area contributed by atoms with Crippen molar-refractivity contribution in [3.05, 3.63) is 122 Å². The van der Waals surface area contributed by atoms with Gasteiger partial charge in [0.05, 0.1) is 26.4 Å². The minimum absolute atomic E-state index is 0.0357. The van der Waals surface area contributed by atoms with Crippen molar-refractivity contribution in [2.45, 2.75) is 329 Å². The average molecular weight is 1450 g/mol. The van der Waals surface area contributed by atoms with Crippen molar-refractivity contribution < 1.29 is 80.2 Å². The summed E-state index contributed by atoms with van der Waals surface area (Å²) in [6.45, 7) is 4.53. The van der Waals surface area contributed by atoms with Crippen LogP contribution in [0.5, 0.6) is 0 Å². The lowest BCUT2D eigenvalue weighted by Gasteiger charge is -2.21. The number of hydrogen-bond donors (Lipinski definition) is 3. The third-order valence-corrected chi connectivity index (χ3v) is 17.9. The molecule has 0 heterocycles. The smallest absolute Gasteiger partial charge is 0.462 e. The van der Waals surface area contributed by atoms with Gasteiger partial charge in [-0.1, -0.05) is 303 Å². The molecule has 0 aromatic rings. The van der Waals surface area contributed by atoms with Gasteiger partial charge in [0, 0.05) is 25.7 Å². The summed E-state index contributed by atoms with van der Waals surface area (Å²) in [7, 11) is -9.98. The number of rotatable bonds is 72. The number of carbonyl (C=O) groups is 4. The normalized spacial score (nSPS) is 14.6. The molecule has 0 radical (unpaired) electrons. The van der Waals surface area contributed by atoms with Crippen LogP contribution in [0, 0.1) is 0 Å². The summed E-state index contributed by atoms with van der Waals surface area (Å²) in [5, 5.41) is 10.6. The van der Waals surface area contributed by atoms with Gasteiger partial charge in [0.25, 0.3) is 0 Å². The highest BCUT2D eigenvalue weighted by Crippen LogP contribution is 2.45. The molecule has 3 N–H and O–H groups in total. The second-order valence-electron chi connectivity index (χ2n) is 25.5. The highest BCUT2D eigenvalue weighted by atomic mass is 31.2. The molecule has 5 unspecified atom stereocenters. The third-order valence-electron chi connectivity index (χ3n) is 16.0. The van der Waals surface area contributed by atoms with E-state index in [0.29, 0.717) is 32.1 Å². The molecule has 5 atom stereocenters. The predicted molar refractivity (Wildman–Crippen MR) is 408 cm³/mol. The lowest BCUT2D eigenvalue weighted by Crippen LogP contribution is -2.30. The van der Waals surface area contributed by atoms with Crippen molar-refractivity contribution in [1.29, 1.82) is 0 Å². The maximum atomic E-state index is 13.1. The van der Waals surface area contributed by atoms with Crippen LogP contribution in [-0.2, 0) is 65.4 Å². The second kappa shape index (κ2) is 72.8. The van der Waals surface area contributed by atoms with Crippen LogP contribution in [0.3, 0.4) is 0 Å². The van der Waals surface area contributed by atoms with Gasteiger partial charge in [0.2, 0.25) is 0 Å². The standard InChI is InChI=1S/C81H138O17P2/c1-5-9-13-17-21-25-29-33-35-36-37-38-40-44-46-50-54-58-62-66-79(84)92-72-77(98-81(86)68-64-60-56-52-48-42-32-28-24-20-16-12-8-4)74-96-100(89,90)94-70-75(82)69-93-99(87,88)95-73-76(97-80(85)67-63-59-55-51-47-41-31-27-23-19-15-11-7-3)71-91-78(83)65-61-57-53-49-45-43-39-34-30-26-22-18-14-10-6-2/h9-10,13-14,21-22,25-26,33-35,37-39,44-46,49,54,58,75-77,82H,5-8,11-12,15-20,23-24,27-32,36,40-43,47-48,50-53,55-57,59-74H2,1-4H3,(H,87,88)(H,89,90)/b13-9-,14-10-,25-21-,26-22-,35-33-,38-37-,39-34-,46-44-,49-45-,58-54-. The summed E-state index contributed by atoms with van der Waals surface area (Å²) < 4.78 is 68.4. The molecule has 19 heteroatoms. The van der Waals surface area contributed by atoms with E-state index in [0.717, 1.165) is 122 Å². The zero-order valence-electron chi connectivity index (χ0n) is 62.6. The molecule has 17 nitrogen and oxygen atoms in total. The first-order chi connectivity index (χ1) is 48.7. The van der Waals surface area contributed by atoms with E-state index in [2.05, 4.69) is 131 Å². The van der Waals surface area contributed by atoms with Gasteiger partial charge in [-0.2, -0.15) is 0 Å². The summed E-state index contributed by atoms with van der Waals surface area (Å²) in [4.78, 5) is 72.8. The average Bonchev–Trinajstić information content (AvgIpc) is 0.935. The molecule has 574 valence electrons. The molecule has 0 fully saturated rings. The van der Waals surface area contributed by atoms with Crippen LogP contribution in [-0.4, -0.2) is 96.7 Å². The third kappa shape index (κ3) is 71.8. The number of esters is 4. The van der Waals surface area contributed by atoms with Gasteiger partial charge < -0.3 is 33.8 Å². The Hall–Kier alpha value is -4.54. The van der Waals surface area contributed by atoms with E-state index in [9.17, 15) is 43.2 Å². The maximum absolute atomic E-state index is 13.1. The van der Waals surface area contributed by atoms with Gasteiger partial charge in [-0.25, -0.2) is 9.13 Å². The fourth-order valence-corrected chi connectivity index (χ4v) is 11.7. The second-order valence-corrected chi connectivity index (χ2v) is 28.5. The van der Waals surface area contributed by atoms with Crippen molar-refractivity contribution in [2.24, 2.45) is 0 Å². The minimum atomic E-state index is -4.99. The Bertz CT molecular complexity index is 2370. The number of aliphatic hydroxyl groups is 1. The molecule has 0 aliphatic heterocycles. The van der Waals surface area contributed by atoms with E-state index in [4.69, 9.17) is 37.0 Å². The Labute approximate surface area is 606 Å². The van der Waals surface area contributed by atoms with Crippen molar-refractivity contribution in [3.63, 3.8) is 0 Å². The van der Waals surface area contributed by atoms with Crippen molar-refractivity contribution >= 4 is 39.5 Å². The largest absolute Gasteiger partial charge is 0.472 e. The molecule has 0 aromatic carbocycles. The van der Waals surface area contributed by atoms with Crippen LogP contribution < -0.4 is 0 Å². The molecule has 0 saturated heterocycles. The number of carbonyl (C=O) groups excluding carboxylic acids is 4. The summed E-state index contributed by atoms with van der Waals surface area (Å²) in [6.07, 6.45) is 79.2. The lowest BCUT2D eigenvalue weighted by atomic mass is 10.0. The Morgan fingerprint density at radius 2 is 0.540 bits per heavy atom.